The summed E-state index contributed by atoms with van der Waals surface area (Å²) in [4.78, 5) is 0. The van der Waals surface area contributed by atoms with Crippen molar-refractivity contribution in [3.05, 3.63) is 48.6 Å². The van der Waals surface area contributed by atoms with Gasteiger partial charge in [-0.05, 0) is 19.0 Å². The van der Waals surface area contributed by atoms with Crippen molar-refractivity contribution in [2.75, 3.05) is 13.7 Å². The molecule has 0 aromatic heterocycles. The molecule has 2 N–H and O–H groups in total. The van der Waals surface area contributed by atoms with Crippen molar-refractivity contribution >= 4 is 0 Å². The molecule has 76 valence electrons. The van der Waals surface area contributed by atoms with Crippen LogP contribution in [0.5, 0.6) is 0 Å². The molecule has 2 heteroatoms. The molecule has 0 heterocycles. The molecule has 0 aliphatic carbocycles. The van der Waals surface area contributed by atoms with E-state index in [1.807, 2.05) is 43.5 Å². The topological polar surface area (TPSA) is 32.3 Å². The van der Waals surface area contributed by atoms with E-state index in [2.05, 4.69) is 11.9 Å². The van der Waals surface area contributed by atoms with E-state index in [1.54, 1.807) is 0 Å². The Kier molecular flexibility index (Phi) is 3.86. The van der Waals surface area contributed by atoms with Gasteiger partial charge in [0.15, 0.2) is 0 Å². The molecule has 2 nitrogen and oxygen atoms in total. The summed E-state index contributed by atoms with van der Waals surface area (Å²) >= 11 is 0. The van der Waals surface area contributed by atoms with Gasteiger partial charge in [0.1, 0.15) is 0 Å². The van der Waals surface area contributed by atoms with Crippen molar-refractivity contribution in [2.45, 2.75) is 12.0 Å². The van der Waals surface area contributed by atoms with Crippen LogP contribution in [0.2, 0.25) is 0 Å². The molecule has 1 unspecified atom stereocenters. The number of hydrogen-bond acceptors (Lipinski definition) is 2. The number of benzene rings is 1. The van der Waals surface area contributed by atoms with E-state index in [0.717, 1.165) is 5.56 Å². The van der Waals surface area contributed by atoms with Gasteiger partial charge in [0, 0.05) is 0 Å². The molecule has 0 radical (unpaired) electrons. The first-order chi connectivity index (χ1) is 6.79. The van der Waals surface area contributed by atoms with Crippen LogP contribution in [0, 0.1) is 0 Å². The number of hydrogen-bond donors (Lipinski definition) is 2. The molecule has 1 rings (SSSR count). The minimum atomic E-state index is -0.386. The summed E-state index contributed by atoms with van der Waals surface area (Å²) in [6.45, 7) is 3.78. The Hall–Kier alpha value is -1.12. The maximum absolute atomic E-state index is 9.45. The molecule has 1 atom stereocenters. The summed E-state index contributed by atoms with van der Waals surface area (Å²) in [7, 11) is 1.85. The Morgan fingerprint density at radius 1 is 1.43 bits per heavy atom. The Morgan fingerprint density at radius 3 is 2.50 bits per heavy atom. The average Bonchev–Trinajstić information content (AvgIpc) is 2.27. The van der Waals surface area contributed by atoms with Gasteiger partial charge in [0.05, 0.1) is 12.1 Å². The summed E-state index contributed by atoms with van der Waals surface area (Å²) in [5.74, 6) is 0. The lowest BCUT2D eigenvalue weighted by Gasteiger charge is -2.31. The minimum Gasteiger partial charge on any atom is -0.394 e. The lowest BCUT2D eigenvalue weighted by atomic mass is 9.87. The van der Waals surface area contributed by atoms with Gasteiger partial charge in [-0.2, -0.15) is 0 Å². The highest BCUT2D eigenvalue weighted by molar-refractivity contribution is 5.25. The van der Waals surface area contributed by atoms with E-state index in [9.17, 15) is 5.11 Å². The third-order valence-electron chi connectivity index (χ3n) is 2.57. The summed E-state index contributed by atoms with van der Waals surface area (Å²) in [6.07, 6.45) is 2.53. The van der Waals surface area contributed by atoms with E-state index < -0.39 is 0 Å². The number of aliphatic hydroxyl groups excluding tert-OH is 1. The van der Waals surface area contributed by atoms with Crippen LogP contribution in [0.3, 0.4) is 0 Å². The van der Waals surface area contributed by atoms with Crippen molar-refractivity contribution < 1.29 is 5.11 Å². The maximum atomic E-state index is 9.45. The van der Waals surface area contributed by atoms with Crippen molar-refractivity contribution in [1.29, 1.82) is 0 Å². The van der Waals surface area contributed by atoms with Gasteiger partial charge in [-0.3, -0.25) is 0 Å². The van der Waals surface area contributed by atoms with Crippen LogP contribution in [-0.2, 0) is 5.54 Å². The number of rotatable bonds is 5. The third kappa shape index (κ3) is 2.03. The molecule has 0 saturated carbocycles. The van der Waals surface area contributed by atoms with Gasteiger partial charge in [-0.1, -0.05) is 36.4 Å². The fourth-order valence-corrected chi connectivity index (χ4v) is 1.60. The Labute approximate surface area is 85.3 Å². The number of aliphatic hydroxyl groups is 1. The second kappa shape index (κ2) is 4.94. The highest BCUT2D eigenvalue weighted by Crippen LogP contribution is 2.24. The predicted octanol–water partition coefficient (Wildman–Crippen LogP) is 1.67. The van der Waals surface area contributed by atoms with Crippen LogP contribution >= 0.6 is 0 Å². The van der Waals surface area contributed by atoms with Gasteiger partial charge >= 0.3 is 0 Å². The standard InChI is InChI=1S/C12H17NO/c1-3-9-12(10-14,13-2)11-7-5-4-6-8-11/h3-8,13-14H,1,9-10H2,2H3. The molecule has 1 aromatic rings. The Bertz CT molecular complexity index is 278. The molecule has 0 bridgehead atoms. The highest BCUT2D eigenvalue weighted by Gasteiger charge is 2.27. The fourth-order valence-electron chi connectivity index (χ4n) is 1.60. The third-order valence-corrected chi connectivity index (χ3v) is 2.57. The molecule has 0 aliphatic heterocycles. The highest BCUT2D eigenvalue weighted by atomic mass is 16.3. The molecular formula is C12H17NO. The summed E-state index contributed by atoms with van der Waals surface area (Å²) in [5, 5.41) is 12.6. The maximum Gasteiger partial charge on any atom is 0.0701 e. The van der Waals surface area contributed by atoms with Crippen molar-refractivity contribution in [2.24, 2.45) is 0 Å². The number of nitrogens with one attached hydrogen (secondary N) is 1. The quantitative estimate of drug-likeness (QED) is 0.694. The SMILES string of the molecule is C=CCC(CO)(NC)c1ccccc1. The second-order valence-corrected chi connectivity index (χ2v) is 3.35. The fraction of sp³-hybridized carbons (Fsp3) is 0.333. The van der Waals surface area contributed by atoms with Crippen LogP contribution in [0.15, 0.2) is 43.0 Å². The average molecular weight is 191 g/mol. The molecule has 0 aliphatic rings. The first-order valence-electron chi connectivity index (χ1n) is 4.75. The van der Waals surface area contributed by atoms with Crippen LogP contribution in [0.1, 0.15) is 12.0 Å². The normalized spacial score (nSPS) is 14.7. The summed E-state index contributed by atoms with van der Waals surface area (Å²) in [5.41, 5.74) is 0.702. The van der Waals surface area contributed by atoms with E-state index in [-0.39, 0.29) is 12.1 Å². The smallest absolute Gasteiger partial charge is 0.0701 e. The summed E-state index contributed by atoms with van der Waals surface area (Å²) in [6, 6.07) is 9.93. The molecule has 0 fully saturated rings. The second-order valence-electron chi connectivity index (χ2n) is 3.35. The predicted molar refractivity (Wildman–Crippen MR) is 59.1 cm³/mol. The van der Waals surface area contributed by atoms with Gasteiger partial charge in [0.25, 0.3) is 0 Å². The summed E-state index contributed by atoms with van der Waals surface area (Å²) < 4.78 is 0. The van der Waals surface area contributed by atoms with Crippen LogP contribution in [-0.4, -0.2) is 18.8 Å². The van der Waals surface area contributed by atoms with Gasteiger partial charge in [-0.15, -0.1) is 6.58 Å². The molecular weight excluding hydrogens is 174 g/mol. The van der Waals surface area contributed by atoms with E-state index in [4.69, 9.17) is 0 Å². The van der Waals surface area contributed by atoms with E-state index in [1.165, 1.54) is 0 Å². The molecule has 1 aromatic carbocycles. The molecule has 0 saturated heterocycles. The molecule has 0 spiro atoms. The largest absolute Gasteiger partial charge is 0.394 e. The number of likely N-dealkylation sites (N-methyl/N-ethyl adjacent to an activating group) is 1. The molecule has 14 heavy (non-hydrogen) atoms. The van der Waals surface area contributed by atoms with E-state index >= 15 is 0 Å². The zero-order valence-corrected chi connectivity index (χ0v) is 8.53. The van der Waals surface area contributed by atoms with Crippen molar-refractivity contribution in [1.82, 2.24) is 5.32 Å². The van der Waals surface area contributed by atoms with E-state index in [0.29, 0.717) is 6.42 Å². The van der Waals surface area contributed by atoms with Gasteiger partial charge < -0.3 is 10.4 Å². The van der Waals surface area contributed by atoms with Crippen molar-refractivity contribution in [3.8, 4) is 0 Å². The zero-order valence-electron chi connectivity index (χ0n) is 8.53. The lowest BCUT2D eigenvalue weighted by molar-refractivity contribution is 0.170. The van der Waals surface area contributed by atoms with Gasteiger partial charge in [0.2, 0.25) is 0 Å². The molecule has 0 amide bonds. The van der Waals surface area contributed by atoms with Crippen LogP contribution in [0.4, 0.5) is 0 Å². The van der Waals surface area contributed by atoms with Crippen molar-refractivity contribution in [3.63, 3.8) is 0 Å². The Balaban J connectivity index is 3.03. The zero-order chi connectivity index (χ0) is 10.4. The van der Waals surface area contributed by atoms with Gasteiger partial charge in [-0.25, -0.2) is 0 Å². The first-order valence-corrected chi connectivity index (χ1v) is 4.75. The first kappa shape index (κ1) is 11.0. The minimum absolute atomic E-state index is 0.0690. The Morgan fingerprint density at radius 2 is 2.07 bits per heavy atom. The van der Waals surface area contributed by atoms with Crippen LogP contribution < -0.4 is 5.32 Å². The lowest BCUT2D eigenvalue weighted by Crippen LogP contribution is -2.43. The van der Waals surface area contributed by atoms with Crippen LogP contribution in [0.25, 0.3) is 0 Å². The monoisotopic (exact) mass is 191 g/mol.